The summed E-state index contributed by atoms with van der Waals surface area (Å²) in [6.07, 6.45) is 1.56. The Hall–Kier alpha value is -2.18. The van der Waals surface area contributed by atoms with Crippen LogP contribution in [0.3, 0.4) is 0 Å². The van der Waals surface area contributed by atoms with Crippen molar-refractivity contribution < 1.29 is 9.21 Å². The monoisotopic (exact) mass is 368 g/mol. The van der Waals surface area contributed by atoms with Gasteiger partial charge in [0.1, 0.15) is 5.76 Å². The van der Waals surface area contributed by atoms with Crippen LogP contribution in [0.4, 0.5) is 0 Å². The average molecular weight is 369 g/mol. The normalized spacial score (nSPS) is 11.2. The first-order valence-corrected chi connectivity index (χ1v) is 8.01. The summed E-state index contributed by atoms with van der Waals surface area (Å²) in [6.45, 7) is 0.901. The molecule has 0 aliphatic carbocycles. The van der Waals surface area contributed by atoms with Crippen molar-refractivity contribution in [3.05, 3.63) is 58.0 Å². The van der Waals surface area contributed by atoms with Crippen molar-refractivity contribution in [1.29, 1.82) is 0 Å². The van der Waals surface area contributed by atoms with Crippen molar-refractivity contribution in [1.82, 2.24) is 16.0 Å². The second-order valence-electron chi connectivity index (χ2n) is 4.87. The number of nitrogens with zero attached hydrogens (tertiary/aromatic N) is 1. The van der Waals surface area contributed by atoms with Crippen LogP contribution in [-0.2, 0) is 17.9 Å². The van der Waals surface area contributed by atoms with Crippen molar-refractivity contribution in [2.45, 2.75) is 13.1 Å². The summed E-state index contributed by atoms with van der Waals surface area (Å²) in [7, 11) is 1.62. The first-order valence-electron chi connectivity index (χ1n) is 7.26. The highest BCUT2D eigenvalue weighted by Gasteiger charge is 2.06. The van der Waals surface area contributed by atoms with Gasteiger partial charge in [0.25, 0.3) is 0 Å². The number of carbonyl (C=O) groups is 1. The lowest BCUT2D eigenvalue weighted by molar-refractivity contribution is -0.120. The third-order valence-corrected chi connectivity index (χ3v) is 3.73. The molecule has 0 aliphatic rings. The summed E-state index contributed by atoms with van der Waals surface area (Å²) in [5, 5.41) is 9.91. The second-order valence-corrected chi connectivity index (χ2v) is 5.71. The number of benzene rings is 1. The Morgan fingerprint density at radius 2 is 2.00 bits per heavy atom. The van der Waals surface area contributed by atoms with E-state index >= 15 is 0 Å². The molecule has 24 heavy (non-hydrogen) atoms. The van der Waals surface area contributed by atoms with Crippen LogP contribution in [0, 0.1) is 0 Å². The van der Waals surface area contributed by atoms with E-state index in [4.69, 9.17) is 27.6 Å². The van der Waals surface area contributed by atoms with Crippen LogP contribution >= 0.6 is 23.2 Å². The van der Waals surface area contributed by atoms with E-state index in [9.17, 15) is 4.79 Å². The van der Waals surface area contributed by atoms with Gasteiger partial charge in [0, 0.05) is 23.6 Å². The van der Waals surface area contributed by atoms with E-state index in [1.54, 1.807) is 37.6 Å². The highest BCUT2D eigenvalue weighted by atomic mass is 35.5. The topological polar surface area (TPSA) is 78.7 Å². The predicted octanol–water partition coefficient (Wildman–Crippen LogP) is 2.57. The fourth-order valence-electron chi connectivity index (χ4n) is 1.89. The zero-order valence-electron chi connectivity index (χ0n) is 13.1. The van der Waals surface area contributed by atoms with Crippen LogP contribution in [0.15, 0.2) is 46.0 Å². The average Bonchev–Trinajstić information content (AvgIpc) is 3.08. The van der Waals surface area contributed by atoms with Gasteiger partial charge < -0.3 is 20.4 Å². The smallest absolute Gasteiger partial charge is 0.239 e. The van der Waals surface area contributed by atoms with Gasteiger partial charge in [0.15, 0.2) is 5.96 Å². The number of aliphatic imine (C=N–C) groups is 1. The van der Waals surface area contributed by atoms with Crippen LogP contribution in [0.5, 0.6) is 0 Å². The lowest BCUT2D eigenvalue weighted by Gasteiger charge is -2.12. The summed E-state index contributed by atoms with van der Waals surface area (Å²) in [4.78, 5) is 15.8. The van der Waals surface area contributed by atoms with Gasteiger partial charge in [-0.2, -0.15) is 0 Å². The van der Waals surface area contributed by atoms with Crippen molar-refractivity contribution in [3.8, 4) is 0 Å². The van der Waals surface area contributed by atoms with E-state index in [0.717, 1.165) is 5.56 Å². The van der Waals surface area contributed by atoms with E-state index < -0.39 is 0 Å². The van der Waals surface area contributed by atoms with E-state index in [-0.39, 0.29) is 12.5 Å². The van der Waals surface area contributed by atoms with Crippen molar-refractivity contribution in [2.24, 2.45) is 4.99 Å². The van der Waals surface area contributed by atoms with Gasteiger partial charge in [-0.3, -0.25) is 9.79 Å². The van der Waals surface area contributed by atoms with Gasteiger partial charge in [-0.1, -0.05) is 29.3 Å². The molecule has 8 heteroatoms. The van der Waals surface area contributed by atoms with Gasteiger partial charge in [-0.05, 0) is 29.8 Å². The number of guanidine groups is 1. The molecule has 1 amide bonds. The highest BCUT2D eigenvalue weighted by Crippen LogP contribution is 2.20. The number of amides is 1. The van der Waals surface area contributed by atoms with Crippen LogP contribution in [0.1, 0.15) is 11.3 Å². The van der Waals surface area contributed by atoms with Crippen LogP contribution in [0.2, 0.25) is 10.0 Å². The molecular formula is C16H18Cl2N4O2. The molecular weight excluding hydrogens is 351 g/mol. The Labute approximate surface area is 150 Å². The minimum Gasteiger partial charge on any atom is -0.467 e. The third-order valence-electron chi connectivity index (χ3n) is 3.14. The summed E-state index contributed by atoms with van der Waals surface area (Å²) < 4.78 is 5.14. The SMILES string of the molecule is CN=C(NCC(=O)NCc1ccco1)NCc1ccc(Cl)cc1Cl. The number of hydrogen-bond donors (Lipinski definition) is 3. The number of halogens is 2. The fourth-order valence-corrected chi connectivity index (χ4v) is 2.37. The molecule has 6 nitrogen and oxygen atoms in total. The molecule has 0 radical (unpaired) electrons. The Balaban J connectivity index is 1.74. The van der Waals surface area contributed by atoms with Crippen LogP contribution < -0.4 is 16.0 Å². The quantitative estimate of drug-likeness (QED) is 0.540. The number of nitrogens with one attached hydrogen (secondary N) is 3. The summed E-state index contributed by atoms with van der Waals surface area (Å²) in [6, 6.07) is 8.85. The molecule has 0 bridgehead atoms. The molecule has 128 valence electrons. The second kappa shape index (κ2) is 9.20. The Bertz CT molecular complexity index is 702. The number of carbonyl (C=O) groups excluding carboxylic acids is 1. The maximum absolute atomic E-state index is 11.8. The molecule has 1 heterocycles. The van der Waals surface area contributed by atoms with Gasteiger partial charge in [0.05, 0.1) is 19.4 Å². The molecule has 0 saturated carbocycles. The van der Waals surface area contributed by atoms with Gasteiger partial charge in [-0.15, -0.1) is 0 Å². The van der Waals surface area contributed by atoms with Crippen molar-refractivity contribution in [2.75, 3.05) is 13.6 Å². The summed E-state index contributed by atoms with van der Waals surface area (Å²) >= 11 is 12.0. The molecule has 0 atom stereocenters. The van der Waals surface area contributed by atoms with Crippen molar-refractivity contribution in [3.63, 3.8) is 0 Å². The minimum absolute atomic E-state index is 0.0920. The van der Waals surface area contributed by atoms with E-state index in [2.05, 4.69) is 20.9 Å². The summed E-state index contributed by atoms with van der Waals surface area (Å²) in [5.41, 5.74) is 0.881. The molecule has 1 aromatic heterocycles. The molecule has 2 rings (SSSR count). The first-order chi connectivity index (χ1) is 11.6. The largest absolute Gasteiger partial charge is 0.467 e. The molecule has 0 aliphatic heterocycles. The van der Waals surface area contributed by atoms with E-state index in [0.29, 0.717) is 34.9 Å². The molecule has 1 aromatic carbocycles. The zero-order chi connectivity index (χ0) is 17.4. The van der Waals surface area contributed by atoms with Crippen molar-refractivity contribution >= 4 is 35.1 Å². The fraction of sp³-hybridized carbons (Fsp3) is 0.250. The Morgan fingerprint density at radius 3 is 2.67 bits per heavy atom. The lowest BCUT2D eigenvalue weighted by atomic mass is 10.2. The zero-order valence-corrected chi connectivity index (χ0v) is 14.6. The van der Waals surface area contributed by atoms with Crippen LogP contribution in [-0.4, -0.2) is 25.5 Å². The van der Waals surface area contributed by atoms with Gasteiger partial charge >= 0.3 is 0 Å². The molecule has 3 N–H and O–H groups in total. The van der Waals surface area contributed by atoms with Crippen LogP contribution in [0.25, 0.3) is 0 Å². The molecule has 0 fully saturated rings. The minimum atomic E-state index is -0.168. The number of rotatable bonds is 6. The molecule has 0 unspecified atom stereocenters. The highest BCUT2D eigenvalue weighted by molar-refractivity contribution is 6.35. The number of furan rings is 1. The van der Waals surface area contributed by atoms with E-state index in [1.165, 1.54) is 0 Å². The molecule has 0 saturated heterocycles. The molecule has 2 aromatic rings. The Kier molecular flexibility index (Phi) is 6.96. The third kappa shape index (κ3) is 5.79. The first kappa shape index (κ1) is 18.2. The molecule has 0 spiro atoms. The predicted molar refractivity (Wildman–Crippen MR) is 95.2 cm³/mol. The van der Waals surface area contributed by atoms with E-state index in [1.807, 2.05) is 6.07 Å². The number of hydrogen-bond acceptors (Lipinski definition) is 3. The maximum Gasteiger partial charge on any atom is 0.239 e. The Morgan fingerprint density at radius 1 is 1.17 bits per heavy atom. The standard InChI is InChI=1S/C16H18Cl2N4O2/c1-19-16(21-8-11-4-5-12(17)7-14(11)18)22-10-15(23)20-9-13-3-2-6-24-13/h2-7H,8-10H2,1H3,(H,20,23)(H2,19,21,22). The summed E-state index contributed by atoms with van der Waals surface area (Å²) in [5.74, 6) is 1.02. The lowest BCUT2D eigenvalue weighted by Crippen LogP contribution is -2.42. The van der Waals surface area contributed by atoms with Gasteiger partial charge in [0.2, 0.25) is 5.91 Å². The maximum atomic E-state index is 11.8. The van der Waals surface area contributed by atoms with Gasteiger partial charge in [-0.25, -0.2) is 0 Å².